The molecule has 1 heterocycles. The van der Waals surface area contributed by atoms with E-state index in [2.05, 4.69) is 68.0 Å². The number of aryl methyl sites for hydroxylation is 2. The van der Waals surface area contributed by atoms with Crippen molar-refractivity contribution in [3.8, 4) is 22.9 Å². The number of carbonyl (C=O) groups is 1. The molecule has 0 aliphatic rings. The Labute approximate surface area is 196 Å². The number of hydrogen-bond acceptors (Lipinski definition) is 3. The molecule has 158 valence electrons. The largest absolute Gasteiger partial charge is 0.481 e. The van der Waals surface area contributed by atoms with Crippen molar-refractivity contribution >= 4 is 48.9 Å². The number of imidazole rings is 1. The quantitative estimate of drug-likeness (QED) is 0.257. The van der Waals surface area contributed by atoms with Crippen LogP contribution in [0.3, 0.4) is 0 Å². The molecule has 0 fully saturated rings. The van der Waals surface area contributed by atoms with E-state index in [1.54, 1.807) is 0 Å². The third kappa shape index (κ3) is 5.17. The fourth-order valence-corrected chi connectivity index (χ4v) is 4.76. The molecule has 0 spiro atoms. The van der Waals surface area contributed by atoms with E-state index in [-0.39, 0.29) is 6.42 Å². The molecule has 2 N–H and O–H groups in total. The summed E-state index contributed by atoms with van der Waals surface area (Å²) in [5, 5.41) is 8.82. The zero-order valence-electron chi connectivity index (χ0n) is 16.8. The van der Waals surface area contributed by atoms with Crippen molar-refractivity contribution in [3.05, 3.63) is 74.7 Å². The molecular formula is C24H20Br2N2O3. The third-order valence-corrected chi connectivity index (χ3v) is 6.09. The van der Waals surface area contributed by atoms with Gasteiger partial charge in [-0.3, -0.25) is 4.79 Å². The number of fused-ring (bicyclic) bond motifs is 1. The fourth-order valence-electron chi connectivity index (χ4n) is 3.31. The number of carboxylic acid groups (broad SMARTS) is 1. The van der Waals surface area contributed by atoms with Crippen LogP contribution < -0.4 is 4.74 Å². The molecular weight excluding hydrogens is 524 g/mol. The summed E-state index contributed by atoms with van der Waals surface area (Å²) in [5.74, 6) is 1.38. The van der Waals surface area contributed by atoms with Crippen molar-refractivity contribution in [3.63, 3.8) is 0 Å². The first-order chi connectivity index (χ1) is 14.9. The van der Waals surface area contributed by atoms with Gasteiger partial charge in [-0.2, -0.15) is 0 Å². The molecule has 0 radical (unpaired) electrons. The maximum atomic E-state index is 10.7. The van der Waals surface area contributed by atoms with E-state index >= 15 is 0 Å². The number of nitrogens with zero attached hydrogens (tertiary/aromatic N) is 1. The first-order valence-corrected chi connectivity index (χ1v) is 11.4. The minimum absolute atomic E-state index is 0.155. The highest BCUT2D eigenvalue weighted by Gasteiger charge is 2.12. The minimum atomic E-state index is -0.780. The first-order valence-electron chi connectivity index (χ1n) is 9.83. The van der Waals surface area contributed by atoms with Crippen LogP contribution in [-0.4, -0.2) is 21.0 Å². The average Bonchev–Trinajstić information content (AvgIpc) is 3.14. The monoisotopic (exact) mass is 542 g/mol. The van der Waals surface area contributed by atoms with Gasteiger partial charge in [0.05, 0.1) is 20.0 Å². The molecule has 4 rings (SSSR count). The van der Waals surface area contributed by atoms with E-state index in [9.17, 15) is 4.79 Å². The predicted octanol–water partition coefficient (Wildman–Crippen LogP) is 7.26. The van der Waals surface area contributed by atoms with E-state index < -0.39 is 5.97 Å². The lowest BCUT2D eigenvalue weighted by atomic mass is 10.1. The molecule has 0 atom stereocenters. The molecule has 7 heteroatoms. The van der Waals surface area contributed by atoms with Crippen molar-refractivity contribution in [2.45, 2.75) is 26.2 Å². The van der Waals surface area contributed by atoms with Crippen LogP contribution in [0, 0.1) is 6.92 Å². The minimum Gasteiger partial charge on any atom is -0.481 e. The number of aromatic amines is 1. The number of rotatable bonds is 7. The molecule has 0 saturated heterocycles. The summed E-state index contributed by atoms with van der Waals surface area (Å²) in [4.78, 5) is 18.8. The summed E-state index contributed by atoms with van der Waals surface area (Å²) in [7, 11) is 0. The zero-order valence-corrected chi connectivity index (χ0v) is 20.0. The average molecular weight is 544 g/mol. The number of carboxylic acids is 1. The van der Waals surface area contributed by atoms with Crippen molar-refractivity contribution in [2.24, 2.45) is 0 Å². The number of halogens is 2. The second-order valence-electron chi connectivity index (χ2n) is 7.37. The van der Waals surface area contributed by atoms with Crippen molar-refractivity contribution in [1.29, 1.82) is 0 Å². The van der Waals surface area contributed by atoms with E-state index in [4.69, 9.17) is 14.8 Å². The Kier molecular flexibility index (Phi) is 6.43. The lowest BCUT2D eigenvalue weighted by Crippen LogP contribution is -1.96. The highest BCUT2D eigenvalue weighted by molar-refractivity contribution is 9.11. The van der Waals surface area contributed by atoms with Gasteiger partial charge in [0.25, 0.3) is 0 Å². The van der Waals surface area contributed by atoms with Crippen LogP contribution in [0.4, 0.5) is 0 Å². The van der Waals surface area contributed by atoms with Gasteiger partial charge in [0.15, 0.2) is 5.75 Å². The maximum Gasteiger partial charge on any atom is 0.303 e. The number of ether oxygens (including phenoxy) is 1. The molecule has 0 amide bonds. The molecule has 0 bridgehead atoms. The van der Waals surface area contributed by atoms with Gasteiger partial charge >= 0.3 is 5.97 Å². The van der Waals surface area contributed by atoms with Gasteiger partial charge in [0.2, 0.25) is 0 Å². The molecule has 5 nitrogen and oxygen atoms in total. The Hall–Kier alpha value is -2.64. The molecule has 0 saturated carbocycles. The second kappa shape index (κ2) is 9.24. The highest BCUT2D eigenvalue weighted by Crippen LogP contribution is 2.38. The SMILES string of the molecule is Cc1ccc(-c2nc3cc(Oc4c(Br)cc(CCCC(=O)O)cc4Br)ccc3[nH]2)cc1. The Morgan fingerprint density at radius 3 is 2.45 bits per heavy atom. The lowest BCUT2D eigenvalue weighted by Gasteiger charge is -2.12. The third-order valence-electron chi connectivity index (χ3n) is 4.91. The fraction of sp³-hybridized carbons (Fsp3) is 0.167. The molecule has 0 aliphatic heterocycles. The van der Waals surface area contributed by atoms with Gasteiger partial charge in [-0.25, -0.2) is 4.98 Å². The Morgan fingerprint density at radius 1 is 1.06 bits per heavy atom. The van der Waals surface area contributed by atoms with E-state index in [1.165, 1.54) is 5.56 Å². The molecule has 31 heavy (non-hydrogen) atoms. The predicted molar refractivity (Wildman–Crippen MR) is 129 cm³/mol. The number of nitrogens with one attached hydrogen (secondary N) is 1. The van der Waals surface area contributed by atoms with Crippen LogP contribution >= 0.6 is 31.9 Å². The normalized spacial score (nSPS) is 11.1. The number of aliphatic carboxylic acids is 1. The van der Waals surface area contributed by atoms with Crippen molar-refractivity contribution < 1.29 is 14.6 Å². The summed E-state index contributed by atoms with van der Waals surface area (Å²) >= 11 is 7.15. The van der Waals surface area contributed by atoms with Crippen molar-refractivity contribution in [1.82, 2.24) is 9.97 Å². The standard InChI is InChI=1S/C24H20Br2N2O3/c1-14-5-7-16(8-6-14)24-27-20-10-9-17(13-21(20)28-24)31-23-18(25)11-15(12-19(23)26)3-2-4-22(29)30/h5-13H,2-4H2,1H3,(H,27,28)(H,29,30). The summed E-state index contributed by atoms with van der Waals surface area (Å²) in [6.45, 7) is 2.06. The van der Waals surface area contributed by atoms with Crippen LogP contribution in [0.15, 0.2) is 63.5 Å². The molecule has 1 aromatic heterocycles. The van der Waals surface area contributed by atoms with E-state index in [0.29, 0.717) is 24.3 Å². The summed E-state index contributed by atoms with van der Waals surface area (Å²) in [6.07, 6.45) is 1.43. The Bertz CT molecular complexity index is 1230. The van der Waals surface area contributed by atoms with Crippen LogP contribution in [0.25, 0.3) is 22.4 Å². The smallest absolute Gasteiger partial charge is 0.303 e. The first kappa shape index (κ1) is 21.6. The van der Waals surface area contributed by atoms with E-state index in [0.717, 1.165) is 36.9 Å². The number of H-pyrrole nitrogens is 1. The maximum absolute atomic E-state index is 10.7. The van der Waals surface area contributed by atoms with Crippen LogP contribution in [0.2, 0.25) is 0 Å². The summed E-state index contributed by atoms with van der Waals surface area (Å²) in [5.41, 5.74) is 5.05. The number of hydrogen-bond donors (Lipinski definition) is 2. The van der Waals surface area contributed by atoms with Gasteiger partial charge in [0, 0.05) is 18.1 Å². The van der Waals surface area contributed by atoms with Gasteiger partial charge in [-0.05, 0) is 81.5 Å². The second-order valence-corrected chi connectivity index (χ2v) is 9.08. The number of aromatic nitrogens is 2. The van der Waals surface area contributed by atoms with Crippen molar-refractivity contribution in [2.75, 3.05) is 0 Å². The highest BCUT2D eigenvalue weighted by atomic mass is 79.9. The Balaban J connectivity index is 1.55. The van der Waals surface area contributed by atoms with Crippen LogP contribution in [-0.2, 0) is 11.2 Å². The van der Waals surface area contributed by atoms with Gasteiger partial charge < -0.3 is 14.8 Å². The van der Waals surface area contributed by atoms with Gasteiger partial charge in [-0.15, -0.1) is 0 Å². The summed E-state index contributed by atoms with van der Waals surface area (Å²) < 4.78 is 7.74. The van der Waals surface area contributed by atoms with Gasteiger partial charge in [-0.1, -0.05) is 29.8 Å². The molecule has 0 unspecified atom stereocenters. The topological polar surface area (TPSA) is 75.2 Å². The summed E-state index contributed by atoms with van der Waals surface area (Å²) in [6, 6.07) is 17.9. The molecule has 4 aromatic rings. The zero-order chi connectivity index (χ0) is 22.0. The molecule has 3 aromatic carbocycles. The van der Waals surface area contributed by atoms with E-state index in [1.807, 2.05) is 30.3 Å². The lowest BCUT2D eigenvalue weighted by molar-refractivity contribution is -0.137. The van der Waals surface area contributed by atoms with Gasteiger partial charge in [0.1, 0.15) is 11.6 Å². The molecule has 0 aliphatic carbocycles. The van der Waals surface area contributed by atoms with Crippen LogP contribution in [0.1, 0.15) is 24.0 Å². The number of benzene rings is 3. The van der Waals surface area contributed by atoms with Crippen LogP contribution in [0.5, 0.6) is 11.5 Å². The Morgan fingerprint density at radius 2 is 1.77 bits per heavy atom.